The Morgan fingerprint density at radius 3 is 2.88 bits per heavy atom. The van der Waals surface area contributed by atoms with Crippen LogP contribution in [0.1, 0.15) is 47.5 Å². The minimum atomic E-state index is -0.0277. The largest absolute Gasteiger partial charge is 0.350 e. The van der Waals surface area contributed by atoms with E-state index >= 15 is 0 Å². The second-order valence-electron chi connectivity index (χ2n) is 7.20. The Balaban J connectivity index is 1.40. The van der Waals surface area contributed by atoms with Crippen LogP contribution in [-0.2, 0) is 0 Å². The van der Waals surface area contributed by atoms with E-state index in [9.17, 15) is 4.79 Å². The molecule has 2 aromatic heterocycles. The number of amides is 1. The number of aryl methyl sites for hydroxylation is 1. The van der Waals surface area contributed by atoms with E-state index in [1.165, 1.54) is 45.2 Å². The van der Waals surface area contributed by atoms with Crippen LogP contribution in [0.15, 0.2) is 24.5 Å². The molecule has 0 aliphatic carbocycles. The third-order valence-corrected chi connectivity index (χ3v) is 6.56. The van der Waals surface area contributed by atoms with Crippen LogP contribution in [0.2, 0.25) is 0 Å². The second kappa shape index (κ2) is 7.30. The number of rotatable bonds is 4. The molecule has 2 aliphatic rings. The third kappa shape index (κ3) is 3.51. The van der Waals surface area contributed by atoms with Gasteiger partial charge in [0.2, 0.25) is 0 Å². The first-order chi connectivity index (χ1) is 12.2. The van der Waals surface area contributed by atoms with Crippen molar-refractivity contribution in [3.05, 3.63) is 35.1 Å². The minimum Gasteiger partial charge on any atom is -0.350 e. The molecule has 1 N–H and O–H groups in total. The van der Waals surface area contributed by atoms with Crippen molar-refractivity contribution in [3.8, 4) is 5.13 Å². The Kier molecular flexibility index (Phi) is 4.90. The second-order valence-corrected chi connectivity index (χ2v) is 8.38. The Labute approximate surface area is 153 Å². The number of carbonyl (C=O) groups is 1. The summed E-state index contributed by atoms with van der Waals surface area (Å²) >= 11 is 1.56. The highest BCUT2D eigenvalue weighted by molar-refractivity contribution is 7.14. The Bertz CT molecular complexity index is 722. The molecule has 2 atom stereocenters. The number of hydrogen-bond donors (Lipinski definition) is 1. The van der Waals surface area contributed by atoms with Gasteiger partial charge in [0.25, 0.3) is 5.91 Å². The fourth-order valence-electron chi connectivity index (χ4n) is 4.29. The molecule has 5 nitrogen and oxygen atoms in total. The predicted molar refractivity (Wildman–Crippen MR) is 100 cm³/mol. The normalized spacial score (nSPS) is 24.0. The zero-order valence-electron chi connectivity index (χ0n) is 14.8. The van der Waals surface area contributed by atoms with Crippen molar-refractivity contribution in [2.45, 2.75) is 45.1 Å². The highest BCUT2D eigenvalue weighted by Crippen LogP contribution is 2.30. The van der Waals surface area contributed by atoms with Gasteiger partial charge in [0.05, 0.1) is 0 Å². The lowest BCUT2D eigenvalue weighted by Gasteiger charge is -2.44. The van der Waals surface area contributed by atoms with E-state index in [0.717, 1.165) is 16.6 Å². The quantitative estimate of drug-likeness (QED) is 0.913. The lowest BCUT2D eigenvalue weighted by atomic mass is 9.83. The van der Waals surface area contributed by atoms with Gasteiger partial charge in [0.1, 0.15) is 5.69 Å². The van der Waals surface area contributed by atoms with Crippen molar-refractivity contribution in [1.29, 1.82) is 0 Å². The summed E-state index contributed by atoms with van der Waals surface area (Å²) in [5, 5.41) is 4.02. The number of carbonyl (C=O) groups excluding carboxylic acids is 1. The van der Waals surface area contributed by atoms with Gasteiger partial charge in [-0.3, -0.25) is 4.79 Å². The molecule has 1 amide bonds. The van der Waals surface area contributed by atoms with E-state index in [1.807, 2.05) is 36.0 Å². The highest BCUT2D eigenvalue weighted by atomic mass is 32.1. The first kappa shape index (κ1) is 16.8. The summed E-state index contributed by atoms with van der Waals surface area (Å²) in [6, 6.07) is 4.60. The Morgan fingerprint density at radius 2 is 2.04 bits per heavy atom. The van der Waals surface area contributed by atoms with Crippen molar-refractivity contribution < 1.29 is 4.79 Å². The molecule has 0 aromatic carbocycles. The number of nitrogens with one attached hydrogen (secondary N) is 1. The maximum absolute atomic E-state index is 12.7. The summed E-state index contributed by atoms with van der Waals surface area (Å²) in [7, 11) is 0. The molecule has 2 aliphatic heterocycles. The van der Waals surface area contributed by atoms with Crippen molar-refractivity contribution in [1.82, 2.24) is 19.8 Å². The maximum atomic E-state index is 12.7. The first-order valence-corrected chi connectivity index (χ1v) is 10.2. The van der Waals surface area contributed by atoms with Gasteiger partial charge < -0.3 is 14.8 Å². The van der Waals surface area contributed by atoms with Gasteiger partial charge in [-0.05, 0) is 63.7 Å². The van der Waals surface area contributed by atoms with E-state index < -0.39 is 0 Å². The minimum absolute atomic E-state index is 0.0277. The molecule has 0 radical (unpaired) electrons. The molecule has 4 heterocycles. The van der Waals surface area contributed by atoms with Crippen LogP contribution in [0.25, 0.3) is 5.13 Å². The molecular weight excluding hydrogens is 332 g/mol. The standard InChI is InChI=1S/C19H26N4OS/c1-14-17(21-19(25-14)23-10-4-5-11-23)18(24)20-13-15-7-6-12-22-9-3-2-8-16(15)22/h4-5,10-11,15-16H,2-3,6-9,12-13H2,1H3,(H,20,24)/t15-,16+/m0/s1. The first-order valence-electron chi connectivity index (χ1n) is 9.35. The number of piperidine rings is 2. The zero-order valence-corrected chi connectivity index (χ0v) is 15.6. The lowest BCUT2D eigenvalue weighted by molar-refractivity contribution is 0.0575. The van der Waals surface area contributed by atoms with E-state index in [1.54, 1.807) is 11.3 Å². The van der Waals surface area contributed by atoms with Crippen LogP contribution < -0.4 is 5.32 Å². The van der Waals surface area contributed by atoms with Gasteiger partial charge in [-0.25, -0.2) is 4.98 Å². The van der Waals surface area contributed by atoms with Gasteiger partial charge >= 0.3 is 0 Å². The van der Waals surface area contributed by atoms with Crippen molar-refractivity contribution in [2.24, 2.45) is 5.92 Å². The summed E-state index contributed by atoms with van der Waals surface area (Å²) in [5.74, 6) is 0.556. The number of nitrogens with zero attached hydrogens (tertiary/aromatic N) is 3. The summed E-state index contributed by atoms with van der Waals surface area (Å²) in [5.41, 5.74) is 0.574. The molecule has 2 aromatic rings. The number of aromatic nitrogens is 2. The average Bonchev–Trinajstić information content (AvgIpc) is 3.29. The van der Waals surface area contributed by atoms with Crippen molar-refractivity contribution in [2.75, 3.05) is 19.6 Å². The lowest BCUT2D eigenvalue weighted by Crippen LogP contribution is -2.51. The number of fused-ring (bicyclic) bond motifs is 1. The summed E-state index contributed by atoms with van der Waals surface area (Å²) in [6.07, 6.45) is 10.3. The fourth-order valence-corrected chi connectivity index (χ4v) is 5.16. The Hall–Kier alpha value is -1.66. The van der Waals surface area contributed by atoms with Gasteiger partial charge in [-0.15, -0.1) is 11.3 Å². The molecule has 2 saturated heterocycles. The molecule has 0 bridgehead atoms. The van der Waals surface area contributed by atoms with Crippen LogP contribution in [0.5, 0.6) is 0 Å². The topological polar surface area (TPSA) is 50.2 Å². The molecular formula is C19H26N4OS. The van der Waals surface area contributed by atoms with Gasteiger partial charge in [0, 0.05) is 29.9 Å². The molecule has 0 saturated carbocycles. The van der Waals surface area contributed by atoms with Crippen LogP contribution in [-0.4, -0.2) is 46.0 Å². The van der Waals surface area contributed by atoms with Gasteiger partial charge in [0.15, 0.2) is 5.13 Å². The highest BCUT2D eigenvalue weighted by Gasteiger charge is 2.33. The molecule has 2 fully saturated rings. The zero-order chi connectivity index (χ0) is 17.2. The molecule has 134 valence electrons. The van der Waals surface area contributed by atoms with E-state index in [4.69, 9.17) is 0 Å². The molecule has 0 unspecified atom stereocenters. The molecule has 6 heteroatoms. The van der Waals surface area contributed by atoms with Crippen LogP contribution >= 0.6 is 11.3 Å². The van der Waals surface area contributed by atoms with Gasteiger partial charge in [-0.2, -0.15) is 0 Å². The average molecular weight is 359 g/mol. The fraction of sp³-hybridized carbons (Fsp3) is 0.579. The van der Waals surface area contributed by atoms with Gasteiger partial charge in [-0.1, -0.05) is 6.42 Å². The van der Waals surface area contributed by atoms with Crippen molar-refractivity contribution in [3.63, 3.8) is 0 Å². The van der Waals surface area contributed by atoms with E-state index in [-0.39, 0.29) is 5.91 Å². The van der Waals surface area contributed by atoms with E-state index in [2.05, 4.69) is 15.2 Å². The molecule has 4 rings (SSSR count). The van der Waals surface area contributed by atoms with Crippen LogP contribution in [0.3, 0.4) is 0 Å². The monoisotopic (exact) mass is 358 g/mol. The SMILES string of the molecule is Cc1sc(-n2cccc2)nc1C(=O)NC[C@@H]1CCCN2CCCC[C@H]12. The predicted octanol–water partition coefficient (Wildman–Crippen LogP) is 3.24. The Morgan fingerprint density at radius 1 is 1.24 bits per heavy atom. The molecule has 25 heavy (non-hydrogen) atoms. The number of thiazole rings is 1. The third-order valence-electron chi connectivity index (χ3n) is 5.58. The van der Waals surface area contributed by atoms with Crippen LogP contribution in [0.4, 0.5) is 0 Å². The summed E-state index contributed by atoms with van der Waals surface area (Å²) < 4.78 is 1.95. The summed E-state index contributed by atoms with van der Waals surface area (Å²) in [6.45, 7) is 5.22. The van der Waals surface area contributed by atoms with E-state index in [0.29, 0.717) is 17.7 Å². The summed E-state index contributed by atoms with van der Waals surface area (Å²) in [4.78, 5) is 20.8. The maximum Gasteiger partial charge on any atom is 0.271 e. The van der Waals surface area contributed by atoms with Crippen molar-refractivity contribution >= 4 is 17.2 Å². The molecule has 0 spiro atoms. The number of hydrogen-bond acceptors (Lipinski definition) is 4. The smallest absolute Gasteiger partial charge is 0.271 e. The van der Waals surface area contributed by atoms with Crippen LogP contribution in [0, 0.1) is 12.8 Å².